The molecule has 0 unspecified atom stereocenters. The van der Waals surface area contributed by atoms with Crippen LogP contribution >= 0.6 is 0 Å². The summed E-state index contributed by atoms with van der Waals surface area (Å²) in [4.78, 5) is 38.0. The molecule has 0 amide bonds. The molecule has 6 heteroatoms. The molecule has 61 heavy (non-hydrogen) atoms. The van der Waals surface area contributed by atoms with Crippen molar-refractivity contribution >= 4 is 17.9 Å². The van der Waals surface area contributed by atoms with Gasteiger partial charge in [0.2, 0.25) is 0 Å². The summed E-state index contributed by atoms with van der Waals surface area (Å²) < 4.78 is 16.8. The molecular formula is C55H106O6. The molecule has 0 rings (SSSR count). The average Bonchev–Trinajstić information content (AvgIpc) is 3.22. The van der Waals surface area contributed by atoms with Crippen molar-refractivity contribution in [1.29, 1.82) is 0 Å². The molecule has 0 bridgehead atoms. The highest BCUT2D eigenvalue weighted by atomic mass is 16.6. The van der Waals surface area contributed by atoms with Crippen LogP contribution in [0, 0.1) is 17.8 Å². The topological polar surface area (TPSA) is 78.9 Å². The molecule has 0 radical (unpaired) electrons. The van der Waals surface area contributed by atoms with Crippen LogP contribution in [0.4, 0.5) is 0 Å². The highest BCUT2D eigenvalue weighted by Crippen LogP contribution is 2.18. The third kappa shape index (κ3) is 49.3. The van der Waals surface area contributed by atoms with Crippen molar-refractivity contribution in [2.45, 2.75) is 304 Å². The molecule has 0 aliphatic heterocycles. The van der Waals surface area contributed by atoms with Gasteiger partial charge in [-0.25, -0.2) is 0 Å². The Balaban J connectivity index is 4.30. The molecule has 0 aromatic rings. The normalized spacial score (nSPS) is 12.1. The molecule has 0 aromatic heterocycles. The zero-order chi connectivity index (χ0) is 44.9. The first-order valence-corrected chi connectivity index (χ1v) is 27.1. The average molecular weight is 863 g/mol. The van der Waals surface area contributed by atoms with Crippen LogP contribution in [0.3, 0.4) is 0 Å². The quantitative estimate of drug-likeness (QED) is 0.0344. The fraction of sp³-hybridized carbons (Fsp3) is 0.945. The molecule has 0 heterocycles. The standard InChI is InChI=1S/C55H106O6/c1-49(2)41-35-29-23-17-12-10-8-7-9-11-13-21-28-34-40-46-55(58)61-52(48-60-54(57)45-39-33-27-22-16-19-25-31-37-43-51(5)6)47-59-53(56)44-38-32-26-20-15-14-18-24-30-36-42-50(3)4/h49-52H,7-48H2,1-6H3/t52-/m1/s1. The Morgan fingerprint density at radius 3 is 0.705 bits per heavy atom. The van der Waals surface area contributed by atoms with E-state index in [1.165, 1.54) is 180 Å². The Bertz CT molecular complexity index is 945. The maximum absolute atomic E-state index is 12.8. The van der Waals surface area contributed by atoms with Gasteiger partial charge in [0.1, 0.15) is 13.2 Å². The number of esters is 3. The lowest BCUT2D eigenvalue weighted by atomic mass is 10.0. The summed E-state index contributed by atoms with van der Waals surface area (Å²) in [6.07, 6.45) is 46.7. The van der Waals surface area contributed by atoms with E-state index < -0.39 is 6.10 Å². The van der Waals surface area contributed by atoms with E-state index in [4.69, 9.17) is 14.2 Å². The smallest absolute Gasteiger partial charge is 0.306 e. The summed E-state index contributed by atoms with van der Waals surface area (Å²) in [5.41, 5.74) is 0. The van der Waals surface area contributed by atoms with Crippen LogP contribution in [0.5, 0.6) is 0 Å². The van der Waals surface area contributed by atoms with E-state index >= 15 is 0 Å². The molecule has 0 spiro atoms. The number of unbranched alkanes of at least 4 members (excludes halogenated alkanes) is 31. The highest BCUT2D eigenvalue weighted by molar-refractivity contribution is 5.71. The maximum atomic E-state index is 12.8. The van der Waals surface area contributed by atoms with Gasteiger partial charge in [0.15, 0.2) is 6.10 Å². The van der Waals surface area contributed by atoms with Crippen molar-refractivity contribution in [3.8, 4) is 0 Å². The van der Waals surface area contributed by atoms with Crippen molar-refractivity contribution in [2.24, 2.45) is 17.8 Å². The number of carbonyl (C=O) groups excluding carboxylic acids is 3. The van der Waals surface area contributed by atoms with Crippen molar-refractivity contribution < 1.29 is 28.6 Å². The molecule has 362 valence electrons. The van der Waals surface area contributed by atoms with Gasteiger partial charge in [-0.1, -0.05) is 260 Å². The minimum atomic E-state index is -0.763. The van der Waals surface area contributed by atoms with Gasteiger partial charge in [-0.15, -0.1) is 0 Å². The molecule has 0 aliphatic carbocycles. The van der Waals surface area contributed by atoms with Gasteiger partial charge in [0.05, 0.1) is 0 Å². The van der Waals surface area contributed by atoms with Crippen molar-refractivity contribution in [3.05, 3.63) is 0 Å². The minimum Gasteiger partial charge on any atom is -0.462 e. The minimum absolute atomic E-state index is 0.0646. The van der Waals surface area contributed by atoms with Crippen molar-refractivity contribution in [2.75, 3.05) is 13.2 Å². The Morgan fingerprint density at radius 1 is 0.279 bits per heavy atom. The number of carbonyl (C=O) groups is 3. The molecule has 0 aromatic carbocycles. The summed E-state index contributed by atoms with van der Waals surface area (Å²) in [6.45, 7) is 13.7. The second-order valence-corrected chi connectivity index (χ2v) is 20.3. The fourth-order valence-electron chi connectivity index (χ4n) is 8.29. The lowest BCUT2D eigenvalue weighted by Crippen LogP contribution is -2.30. The van der Waals surface area contributed by atoms with Crippen LogP contribution in [0.1, 0.15) is 298 Å². The predicted molar refractivity (Wildman–Crippen MR) is 261 cm³/mol. The van der Waals surface area contributed by atoms with Crippen LogP contribution in [0.2, 0.25) is 0 Å². The molecule has 0 N–H and O–H groups in total. The summed E-state index contributed by atoms with van der Waals surface area (Å²) in [5, 5.41) is 0. The maximum Gasteiger partial charge on any atom is 0.306 e. The Hall–Kier alpha value is -1.59. The largest absolute Gasteiger partial charge is 0.462 e. The SMILES string of the molecule is CC(C)CCCCCCCCCCCCCCCCCC(=O)O[C@H](COC(=O)CCCCCCCCCCCCC(C)C)COC(=O)CCCCCCCCCCCC(C)C. The first-order valence-electron chi connectivity index (χ1n) is 27.1. The summed E-state index contributed by atoms with van der Waals surface area (Å²) in [6, 6.07) is 0. The Labute approximate surface area is 380 Å². The van der Waals surface area contributed by atoms with E-state index in [0.29, 0.717) is 19.3 Å². The second-order valence-electron chi connectivity index (χ2n) is 20.3. The molecule has 6 nitrogen and oxygen atoms in total. The van der Waals surface area contributed by atoms with E-state index in [2.05, 4.69) is 41.5 Å². The first-order chi connectivity index (χ1) is 29.6. The van der Waals surface area contributed by atoms with Gasteiger partial charge in [-0.2, -0.15) is 0 Å². The highest BCUT2D eigenvalue weighted by Gasteiger charge is 2.19. The van der Waals surface area contributed by atoms with E-state index in [1.54, 1.807) is 0 Å². The number of rotatable bonds is 48. The molecule has 0 fully saturated rings. The van der Waals surface area contributed by atoms with E-state index in [9.17, 15) is 14.4 Å². The molecule has 1 atom stereocenters. The predicted octanol–water partition coefficient (Wildman–Crippen LogP) is 17.6. The van der Waals surface area contributed by atoms with Crippen LogP contribution < -0.4 is 0 Å². The van der Waals surface area contributed by atoms with Gasteiger partial charge < -0.3 is 14.2 Å². The second kappa shape index (κ2) is 46.4. The fourth-order valence-corrected chi connectivity index (χ4v) is 8.29. The van der Waals surface area contributed by atoms with Gasteiger partial charge in [-0.3, -0.25) is 14.4 Å². The lowest BCUT2D eigenvalue weighted by Gasteiger charge is -2.18. The summed E-state index contributed by atoms with van der Waals surface area (Å²) >= 11 is 0. The van der Waals surface area contributed by atoms with Gasteiger partial charge in [0, 0.05) is 19.3 Å². The van der Waals surface area contributed by atoms with Gasteiger partial charge >= 0.3 is 17.9 Å². The molecule has 0 saturated heterocycles. The summed E-state index contributed by atoms with van der Waals surface area (Å²) in [5.74, 6) is 1.62. The van der Waals surface area contributed by atoms with Crippen LogP contribution in [-0.2, 0) is 28.6 Å². The number of hydrogen-bond acceptors (Lipinski definition) is 6. The number of hydrogen-bond donors (Lipinski definition) is 0. The van der Waals surface area contributed by atoms with Crippen LogP contribution in [-0.4, -0.2) is 37.2 Å². The molecule has 0 aliphatic rings. The number of ether oxygens (including phenoxy) is 3. The zero-order valence-electron chi connectivity index (χ0n) is 42.0. The van der Waals surface area contributed by atoms with E-state index in [0.717, 1.165) is 75.5 Å². The third-order valence-electron chi connectivity index (χ3n) is 12.4. The lowest BCUT2D eigenvalue weighted by molar-refractivity contribution is -0.167. The Kier molecular flexibility index (Phi) is 45.2. The molecular weight excluding hydrogens is 757 g/mol. The molecule has 0 saturated carbocycles. The van der Waals surface area contributed by atoms with Crippen LogP contribution in [0.15, 0.2) is 0 Å². The van der Waals surface area contributed by atoms with Crippen molar-refractivity contribution in [3.63, 3.8) is 0 Å². The Morgan fingerprint density at radius 2 is 0.475 bits per heavy atom. The van der Waals surface area contributed by atoms with Gasteiger partial charge in [-0.05, 0) is 37.0 Å². The van der Waals surface area contributed by atoms with E-state index in [1.807, 2.05) is 0 Å². The summed E-state index contributed by atoms with van der Waals surface area (Å²) in [7, 11) is 0. The van der Waals surface area contributed by atoms with Crippen molar-refractivity contribution in [1.82, 2.24) is 0 Å². The third-order valence-corrected chi connectivity index (χ3v) is 12.4. The van der Waals surface area contributed by atoms with Gasteiger partial charge in [0.25, 0.3) is 0 Å². The van der Waals surface area contributed by atoms with Crippen LogP contribution in [0.25, 0.3) is 0 Å². The first kappa shape index (κ1) is 59.4. The monoisotopic (exact) mass is 863 g/mol. The zero-order valence-corrected chi connectivity index (χ0v) is 42.0. The van der Waals surface area contributed by atoms with E-state index in [-0.39, 0.29) is 31.1 Å².